The van der Waals surface area contributed by atoms with Gasteiger partial charge in [0, 0.05) is 18.5 Å². The van der Waals surface area contributed by atoms with E-state index >= 15 is 0 Å². The molecule has 0 radical (unpaired) electrons. The molecule has 1 aromatic rings. The summed E-state index contributed by atoms with van der Waals surface area (Å²) in [5.41, 5.74) is 0.927. The summed E-state index contributed by atoms with van der Waals surface area (Å²) < 4.78 is 38.1. The summed E-state index contributed by atoms with van der Waals surface area (Å²) in [5.74, 6) is 1.58. The summed E-state index contributed by atoms with van der Waals surface area (Å²) in [6.07, 6.45) is 4.32. The van der Waals surface area contributed by atoms with Crippen molar-refractivity contribution in [1.82, 2.24) is 4.72 Å². The van der Waals surface area contributed by atoms with Gasteiger partial charge in [0.2, 0.25) is 10.0 Å². The molecular weight excluding hydrogens is 326 g/mol. The van der Waals surface area contributed by atoms with Gasteiger partial charge < -0.3 is 9.47 Å². The SMILES string of the molecule is CCCCCNS(=O)(=O)CCCOc1cccc2c1OC(C)(C)C2. The zero-order chi connectivity index (χ0) is 17.6. The van der Waals surface area contributed by atoms with Crippen molar-refractivity contribution in [2.45, 2.75) is 58.5 Å². The normalized spacial score (nSPS) is 15.8. The Bertz CT molecular complexity index is 640. The van der Waals surface area contributed by atoms with Crippen LogP contribution in [0, 0.1) is 0 Å². The van der Waals surface area contributed by atoms with Crippen molar-refractivity contribution in [3.63, 3.8) is 0 Å². The molecule has 1 aromatic carbocycles. The van der Waals surface area contributed by atoms with Crippen LogP contribution >= 0.6 is 0 Å². The van der Waals surface area contributed by atoms with Gasteiger partial charge in [-0.15, -0.1) is 0 Å². The highest BCUT2D eigenvalue weighted by Crippen LogP contribution is 2.41. The van der Waals surface area contributed by atoms with Crippen molar-refractivity contribution in [2.75, 3.05) is 18.9 Å². The Kier molecular flexibility index (Phi) is 6.52. The third-order valence-electron chi connectivity index (χ3n) is 3.97. The van der Waals surface area contributed by atoms with Crippen LogP contribution in [-0.4, -0.2) is 32.9 Å². The first-order chi connectivity index (χ1) is 11.3. The molecule has 1 aliphatic heterocycles. The maximum Gasteiger partial charge on any atom is 0.211 e. The molecule has 0 aromatic heterocycles. The Morgan fingerprint density at radius 1 is 1.25 bits per heavy atom. The molecule has 0 atom stereocenters. The first-order valence-electron chi connectivity index (χ1n) is 8.74. The molecule has 2 rings (SSSR count). The fraction of sp³-hybridized carbons (Fsp3) is 0.667. The Hall–Kier alpha value is -1.27. The number of fused-ring (bicyclic) bond motifs is 1. The lowest BCUT2D eigenvalue weighted by Gasteiger charge is -2.18. The first-order valence-corrected chi connectivity index (χ1v) is 10.4. The molecule has 0 saturated heterocycles. The lowest BCUT2D eigenvalue weighted by atomic mass is 10.0. The second kappa shape index (κ2) is 8.21. The van der Waals surface area contributed by atoms with Gasteiger partial charge in [-0.25, -0.2) is 13.1 Å². The molecule has 1 aliphatic rings. The highest BCUT2D eigenvalue weighted by atomic mass is 32.2. The van der Waals surface area contributed by atoms with E-state index in [1.807, 2.05) is 32.0 Å². The smallest absolute Gasteiger partial charge is 0.211 e. The average Bonchev–Trinajstić information content (AvgIpc) is 2.83. The minimum Gasteiger partial charge on any atom is -0.490 e. The molecule has 5 nitrogen and oxygen atoms in total. The van der Waals surface area contributed by atoms with Crippen molar-refractivity contribution in [2.24, 2.45) is 0 Å². The number of benzene rings is 1. The van der Waals surface area contributed by atoms with Crippen LogP contribution in [-0.2, 0) is 16.4 Å². The highest BCUT2D eigenvalue weighted by Gasteiger charge is 2.32. The Balaban J connectivity index is 1.77. The summed E-state index contributed by atoms with van der Waals surface area (Å²) in [4.78, 5) is 0. The van der Waals surface area contributed by atoms with Crippen LogP contribution in [0.4, 0.5) is 0 Å². The topological polar surface area (TPSA) is 64.6 Å². The van der Waals surface area contributed by atoms with Crippen LogP contribution < -0.4 is 14.2 Å². The maximum atomic E-state index is 11.9. The molecule has 136 valence electrons. The van der Waals surface area contributed by atoms with Gasteiger partial charge in [0.05, 0.1) is 12.4 Å². The van der Waals surface area contributed by atoms with Gasteiger partial charge in [-0.3, -0.25) is 0 Å². The standard InChI is InChI=1S/C18H29NO4S/c1-4-5-6-11-19-24(20,21)13-8-12-22-16-10-7-9-15-14-18(2,3)23-17(15)16/h7,9-10,19H,4-6,8,11-14H2,1-3H3. The largest absolute Gasteiger partial charge is 0.490 e. The Morgan fingerprint density at radius 3 is 2.79 bits per heavy atom. The van der Waals surface area contributed by atoms with E-state index in [1.54, 1.807) is 0 Å². The van der Waals surface area contributed by atoms with Crippen LogP contribution in [0.3, 0.4) is 0 Å². The third-order valence-corrected chi connectivity index (χ3v) is 5.44. The van der Waals surface area contributed by atoms with Crippen LogP contribution in [0.15, 0.2) is 18.2 Å². The molecule has 24 heavy (non-hydrogen) atoms. The van der Waals surface area contributed by atoms with Crippen LogP contribution in [0.2, 0.25) is 0 Å². The van der Waals surface area contributed by atoms with E-state index in [0.717, 1.165) is 37.0 Å². The first kappa shape index (κ1) is 19.1. The number of hydrogen-bond acceptors (Lipinski definition) is 4. The number of ether oxygens (including phenoxy) is 2. The zero-order valence-corrected chi connectivity index (χ0v) is 15.7. The molecule has 0 bridgehead atoms. The minimum absolute atomic E-state index is 0.0838. The fourth-order valence-corrected chi connectivity index (χ4v) is 3.90. The molecule has 6 heteroatoms. The summed E-state index contributed by atoms with van der Waals surface area (Å²) in [5, 5.41) is 0. The molecule has 0 unspecified atom stereocenters. The molecule has 0 fully saturated rings. The van der Waals surface area contributed by atoms with Gasteiger partial charge in [-0.05, 0) is 32.8 Å². The van der Waals surface area contributed by atoms with Crippen LogP contribution in [0.5, 0.6) is 11.5 Å². The number of nitrogens with one attached hydrogen (secondary N) is 1. The van der Waals surface area contributed by atoms with Gasteiger partial charge in [0.25, 0.3) is 0 Å². The summed E-state index contributed by atoms with van der Waals surface area (Å²) in [6.45, 7) is 7.07. The van der Waals surface area contributed by atoms with Crippen molar-refractivity contribution >= 4 is 10.0 Å². The zero-order valence-electron chi connectivity index (χ0n) is 14.9. The molecule has 0 saturated carbocycles. The van der Waals surface area contributed by atoms with E-state index < -0.39 is 10.0 Å². The van der Waals surface area contributed by atoms with Gasteiger partial charge >= 0.3 is 0 Å². The predicted octanol–water partition coefficient (Wildman–Crippen LogP) is 3.28. The lowest BCUT2D eigenvalue weighted by Crippen LogP contribution is -2.28. The quantitative estimate of drug-likeness (QED) is 0.654. The number of sulfonamides is 1. The second-order valence-electron chi connectivity index (χ2n) is 6.91. The van der Waals surface area contributed by atoms with E-state index in [4.69, 9.17) is 9.47 Å². The highest BCUT2D eigenvalue weighted by molar-refractivity contribution is 7.89. The number of rotatable bonds is 10. The molecule has 1 heterocycles. The number of para-hydroxylation sites is 1. The Labute approximate surface area is 145 Å². The minimum atomic E-state index is -3.21. The number of unbranched alkanes of at least 4 members (excludes halogenated alkanes) is 2. The van der Waals surface area contributed by atoms with Gasteiger partial charge in [-0.2, -0.15) is 0 Å². The lowest BCUT2D eigenvalue weighted by molar-refractivity contribution is 0.132. The van der Waals surface area contributed by atoms with Crippen LogP contribution in [0.25, 0.3) is 0 Å². The molecule has 0 aliphatic carbocycles. The Morgan fingerprint density at radius 2 is 2.04 bits per heavy atom. The fourth-order valence-electron chi connectivity index (χ4n) is 2.81. The van der Waals surface area contributed by atoms with Crippen molar-refractivity contribution in [3.05, 3.63) is 23.8 Å². The van der Waals surface area contributed by atoms with Gasteiger partial charge in [0.15, 0.2) is 11.5 Å². The maximum absolute atomic E-state index is 11.9. The summed E-state index contributed by atoms with van der Waals surface area (Å²) >= 11 is 0. The van der Waals surface area contributed by atoms with E-state index in [9.17, 15) is 8.42 Å². The van der Waals surface area contributed by atoms with Crippen LogP contribution in [0.1, 0.15) is 52.0 Å². The number of hydrogen-bond donors (Lipinski definition) is 1. The van der Waals surface area contributed by atoms with Gasteiger partial charge in [-0.1, -0.05) is 31.9 Å². The van der Waals surface area contributed by atoms with E-state index in [0.29, 0.717) is 25.3 Å². The van der Waals surface area contributed by atoms with E-state index in [2.05, 4.69) is 11.6 Å². The molecule has 0 amide bonds. The average molecular weight is 356 g/mol. The summed E-state index contributed by atoms with van der Waals surface area (Å²) in [6, 6.07) is 5.87. The van der Waals surface area contributed by atoms with E-state index in [1.165, 1.54) is 0 Å². The second-order valence-corrected chi connectivity index (χ2v) is 8.83. The third kappa shape index (κ3) is 5.67. The summed E-state index contributed by atoms with van der Waals surface area (Å²) in [7, 11) is -3.21. The molecule has 1 N–H and O–H groups in total. The van der Waals surface area contributed by atoms with Crippen molar-refractivity contribution in [3.8, 4) is 11.5 Å². The molecular formula is C18H29NO4S. The van der Waals surface area contributed by atoms with Crippen molar-refractivity contribution in [1.29, 1.82) is 0 Å². The monoisotopic (exact) mass is 355 g/mol. The predicted molar refractivity (Wildman–Crippen MR) is 96.3 cm³/mol. The van der Waals surface area contributed by atoms with E-state index in [-0.39, 0.29) is 11.4 Å². The molecule has 0 spiro atoms. The van der Waals surface area contributed by atoms with Gasteiger partial charge in [0.1, 0.15) is 5.60 Å². The van der Waals surface area contributed by atoms with Crippen molar-refractivity contribution < 1.29 is 17.9 Å².